The Hall–Kier alpha value is -0.530. The molecule has 18 heavy (non-hydrogen) atoms. The minimum absolute atomic E-state index is 0.0244. The Kier molecular flexibility index (Phi) is 5.68. The van der Waals surface area contributed by atoms with E-state index in [2.05, 4.69) is 0 Å². The third-order valence-corrected chi connectivity index (χ3v) is 3.71. The smallest absolute Gasteiger partial charge is 0.239 e. The van der Waals surface area contributed by atoms with Gasteiger partial charge in [-0.3, -0.25) is 0 Å². The van der Waals surface area contributed by atoms with Gasteiger partial charge in [-0.2, -0.15) is 0 Å². The molecule has 0 saturated heterocycles. The number of halogens is 2. The van der Waals surface area contributed by atoms with Gasteiger partial charge < -0.3 is 9.47 Å². The summed E-state index contributed by atoms with van der Waals surface area (Å²) in [5.41, 5.74) is 0. The first-order chi connectivity index (χ1) is 8.36. The molecule has 0 amide bonds. The van der Waals surface area contributed by atoms with Crippen molar-refractivity contribution >= 4 is 33.2 Å². The quantitative estimate of drug-likeness (QED) is 0.815. The molecule has 5 nitrogen and oxygen atoms in total. The van der Waals surface area contributed by atoms with Crippen LogP contribution < -0.4 is 9.88 Å². The standard InChI is InChI=1S/C10H13Cl2NO4S/c1-16-3-2-4-17-9-5-8(12)10(6-7(9)11)18(13,14)15/h5-6H,2-4H2,1H3,(H2,13,14,15). The Morgan fingerprint density at radius 1 is 1.22 bits per heavy atom. The molecular formula is C10H13Cl2NO4S. The summed E-state index contributed by atoms with van der Waals surface area (Å²) in [5.74, 6) is 0.310. The second-order valence-electron chi connectivity index (χ2n) is 3.45. The first-order valence-electron chi connectivity index (χ1n) is 5.00. The van der Waals surface area contributed by atoms with Crippen LogP contribution in [0, 0.1) is 0 Å². The van der Waals surface area contributed by atoms with E-state index in [0.29, 0.717) is 25.4 Å². The summed E-state index contributed by atoms with van der Waals surface area (Å²) >= 11 is 11.7. The molecule has 0 aliphatic heterocycles. The Morgan fingerprint density at radius 2 is 1.89 bits per heavy atom. The molecule has 1 rings (SSSR count). The van der Waals surface area contributed by atoms with Crippen LogP contribution in [-0.4, -0.2) is 28.7 Å². The third-order valence-electron chi connectivity index (χ3n) is 2.04. The average Bonchev–Trinajstić information content (AvgIpc) is 2.27. The first-order valence-corrected chi connectivity index (χ1v) is 7.30. The fourth-order valence-electron chi connectivity index (χ4n) is 1.22. The number of primary sulfonamides is 1. The second-order valence-corrected chi connectivity index (χ2v) is 5.80. The maximum Gasteiger partial charge on any atom is 0.239 e. The van der Waals surface area contributed by atoms with Crippen molar-refractivity contribution in [2.45, 2.75) is 11.3 Å². The predicted molar refractivity (Wildman–Crippen MR) is 69.8 cm³/mol. The molecule has 0 fully saturated rings. The summed E-state index contributed by atoms with van der Waals surface area (Å²) in [4.78, 5) is -0.224. The molecule has 0 aliphatic rings. The normalized spacial score (nSPS) is 11.6. The van der Waals surface area contributed by atoms with Gasteiger partial charge in [0.05, 0.1) is 16.7 Å². The maximum absolute atomic E-state index is 11.2. The van der Waals surface area contributed by atoms with Crippen LogP contribution in [0.15, 0.2) is 17.0 Å². The fraction of sp³-hybridized carbons (Fsp3) is 0.400. The van der Waals surface area contributed by atoms with Crippen molar-refractivity contribution in [1.29, 1.82) is 0 Å². The number of benzene rings is 1. The van der Waals surface area contributed by atoms with E-state index >= 15 is 0 Å². The average molecular weight is 314 g/mol. The van der Waals surface area contributed by atoms with Crippen LogP contribution in [0.25, 0.3) is 0 Å². The van der Waals surface area contributed by atoms with E-state index in [9.17, 15) is 8.42 Å². The van der Waals surface area contributed by atoms with E-state index in [-0.39, 0.29) is 14.9 Å². The van der Waals surface area contributed by atoms with Gasteiger partial charge in [0.25, 0.3) is 0 Å². The number of hydrogen-bond donors (Lipinski definition) is 1. The third kappa shape index (κ3) is 4.29. The molecule has 0 aliphatic carbocycles. The first kappa shape index (κ1) is 15.5. The monoisotopic (exact) mass is 313 g/mol. The second kappa shape index (κ2) is 6.58. The number of methoxy groups -OCH3 is 1. The molecule has 0 heterocycles. The number of hydrogen-bond acceptors (Lipinski definition) is 4. The van der Waals surface area contributed by atoms with E-state index in [0.717, 1.165) is 0 Å². The molecule has 0 bridgehead atoms. The van der Waals surface area contributed by atoms with Crippen molar-refractivity contribution in [2.24, 2.45) is 5.14 Å². The number of ether oxygens (including phenoxy) is 2. The molecule has 0 radical (unpaired) electrons. The van der Waals surface area contributed by atoms with Gasteiger partial charge >= 0.3 is 0 Å². The lowest BCUT2D eigenvalue weighted by Gasteiger charge is -2.10. The summed E-state index contributed by atoms with van der Waals surface area (Å²) in [6.07, 6.45) is 0.682. The number of rotatable bonds is 6. The highest BCUT2D eigenvalue weighted by Gasteiger charge is 2.16. The fourth-order valence-corrected chi connectivity index (χ4v) is 2.60. The summed E-state index contributed by atoms with van der Waals surface area (Å²) in [7, 11) is -2.31. The van der Waals surface area contributed by atoms with Gasteiger partial charge in [-0.1, -0.05) is 23.2 Å². The largest absolute Gasteiger partial charge is 0.492 e. The summed E-state index contributed by atoms with van der Waals surface area (Å²) in [6.45, 7) is 0.944. The molecular weight excluding hydrogens is 301 g/mol. The van der Waals surface area contributed by atoms with Crippen LogP contribution >= 0.6 is 23.2 Å². The van der Waals surface area contributed by atoms with E-state index in [4.69, 9.17) is 37.8 Å². The number of sulfonamides is 1. The highest BCUT2D eigenvalue weighted by Crippen LogP contribution is 2.33. The van der Waals surface area contributed by atoms with E-state index in [1.165, 1.54) is 12.1 Å². The summed E-state index contributed by atoms with van der Waals surface area (Å²) in [6, 6.07) is 2.50. The Balaban J connectivity index is 2.87. The summed E-state index contributed by atoms with van der Waals surface area (Å²) in [5, 5.41) is 5.10. The SMILES string of the molecule is COCCCOc1cc(Cl)c(S(N)(=O)=O)cc1Cl. The Labute approximate surface area is 116 Å². The highest BCUT2D eigenvalue weighted by molar-refractivity contribution is 7.89. The highest BCUT2D eigenvalue weighted by atomic mass is 35.5. The van der Waals surface area contributed by atoms with Crippen molar-refractivity contribution in [3.63, 3.8) is 0 Å². The van der Waals surface area contributed by atoms with Gasteiger partial charge in [0, 0.05) is 26.2 Å². The molecule has 0 spiro atoms. The van der Waals surface area contributed by atoms with Crippen LogP contribution in [0.4, 0.5) is 0 Å². The van der Waals surface area contributed by atoms with Crippen molar-refractivity contribution in [2.75, 3.05) is 20.3 Å². The van der Waals surface area contributed by atoms with E-state index in [1.54, 1.807) is 7.11 Å². The lowest BCUT2D eigenvalue weighted by molar-refractivity contribution is 0.172. The molecule has 0 atom stereocenters. The van der Waals surface area contributed by atoms with Crippen molar-refractivity contribution < 1.29 is 17.9 Å². The van der Waals surface area contributed by atoms with Crippen LogP contribution in [-0.2, 0) is 14.8 Å². The minimum Gasteiger partial charge on any atom is -0.492 e. The van der Waals surface area contributed by atoms with Gasteiger partial charge in [-0.25, -0.2) is 13.6 Å². The van der Waals surface area contributed by atoms with Crippen molar-refractivity contribution in [1.82, 2.24) is 0 Å². The molecule has 8 heteroatoms. The minimum atomic E-state index is -3.89. The zero-order chi connectivity index (χ0) is 13.8. The molecule has 0 aromatic heterocycles. The van der Waals surface area contributed by atoms with Crippen LogP contribution in [0.5, 0.6) is 5.75 Å². The Bertz CT molecular complexity index is 519. The molecule has 2 N–H and O–H groups in total. The van der Waals surface area contributed by atoms with Crippen molar-refractivity contribution in [3.05, 3.63) is 22.2 Å². The zero-order valence-corrected chi connectivity index (χ0v) is 12.0. The molecule has 1 aromatic rings. The molecule has 102 valence electrons. The zero-order valence-electron chi connectivity index (χ0n) is 9.65. The van der Waals surface area contributed by atoms with Crippen LogP contribution in [0.1, 0.15) is 6.42 Å². The van der Waals surface area contributed by atoms with E-state index < -0.39 is 10.0 Å². The van der Waals surface area contributed by atoms with Crippen LogP contribution in [0.3, 0.4) is 0 Å². The van der Waals surface area contributed by atoms with Crippen molar-refractivity contribution in [3.8, 4) is 5.75 Å². The van der Waals surface area contributed by atoms with Gasteiger partial charge in [0.2, 0.25) is 10.0 Å². The number of nitrogens with two attached hydrogens (primary N) is 1. The maximum atomic E-state index is 11.2. The molecule has 0 unspecified atom stereocenters. The lowest BCUT2D eigenvalue weighted by Crippen LogP contribution is -2.13. The van der Waals surface area contributed by atoms with Crippen LogP contribution in [0.2, 0.25) is 10.0 Å². The lowest BCUT2D eigenvalue weighted by atomic mass is 10.3. The summed E-state index contributed by atoms with van der Waals surface area (Å²) < 4.78 is 32.6. The van der Waals surface area contributed by atoms with Gasteiger partial charge in [-0.15, -0.1) is 0 Å². The predicted octanol–water partition coefficient (Wildman–Crippen LogP) is 2.06. The van der Waals surface area contributed by atoms with Gasteiger partial charge in [0.1, 0.15) is 10.6 Å². The Morgan fingerprint density at radius 3 is 2.44 bits per heavy atom. The topological polar surface area (TPSA) is 78.6 Å². The molecule has 0 saturated carbocycles. The van der Waals surface area contributed by atoms with E-state index in [1.807, 2.05) is 0 Å². The molecule has 1 aromatic carbocycles. The van der Waals surface area contributed by atoms with Gasteiger partial charge in [0.15, 0.2) is 0 Å². The van der Waals surface area contributed by atoms with Gasteiger partial charge in [-0.05, 0) is 6.07 Å².